The number of hydrogen-bond donors (Lipinski definition) is 0. The first-order valence-electron chi connectivity index (χ1n) is 10.7. The van der Waals surface area contributed by atoms with Crippen LogP contribution in [0.4, 0.5) is 5.69 Å². The minimum Gasteiger partial charge on any atom is -0.292 e. The van der Waals surface area contributed by atoms with Crippen LogP contribution in [0.1, 0.15) is 33.6 Å². The maximum atomic E-state index is 13.5. The Kier molecular flexibility index (Phi) is 7.84. The van der Waals surface area contributed by atoms with E-state index in [1.165, 1.54) is 30.3 Å². The maximum Gasteiger partial charge on any atom is 0.273 e. The number of nitro groups is 1. The number of carbonyl (C=O) groups excluding carboxylic acids is 4. The van der Waals surface area contributed by atoms with E-state index in [9.17, 15) is 29.3 Å². The highest BCUT2D eigenvalue weighted by Gasteiger charge is 2.54. The summed E-state index contributed by atoms with van der Waals surface area (Å²) >= 11 is 19.1. The Morgan fingerprint density at radius 1 is 0.944 bits per heavy atom. The highest BCUT2D eigenvalue weighted by atomic mass is 79.9. The van der Waals surface area contributed by atoms with Gasteiger partial charge in [0.05, 0.1) is 26.8 Å². The van der Waals surface area contributed by atoms with E-state index in [-0.39, 0.29) is 36.5 Å². The predicted octanol–water partition coefficient (Wildman–Crippen LogP) is 5.06. The van der Waals surface area contributed by atoms with E-state index in [1.54, 1.807) is 0 Å². The Morgan fingerprint density at radius 2 is 1.47 bits per heavy atom. The molecule has 13 heteroatoms. The largest absolute Gasteiger partial charge is 0.292 e. The summed E-state index contributed by atoms with van der Waals surface area (Å²) in [6, 6.07) is 8.88. The first-order valence-corrected chi connectivity index (χ1v) is 13.3. The zero-order chi connectivity index (χ0) is 26.3. The number of halogens is 4. The Morgan fingerprint density at radius 3 is 1.97 bits per heavy atom. The average Bonchev–Trinajstić information content (AvgIpc) is 3.08. The minimum absolute atomic E-state index is 0.0214. The number of non-ortho nitro benzene ring substituents is 1. The first kappa shape index (κ1) is 26.7. The fourth-order valence-corrected chi connectivity index (χ4v) is 5.86. The Hall–Kier alpha value is -2.34. The number of hydrogen-bond acceptors (Lipinski definition) is 6. The standard InChI is InChI=1S/C23H17Br2Cl2N3O6/c24-16-8-14-15(9-17(16)25)23(34)29(22(14)33)28(21(32)12-3-6-18(26)19(27)7-12)10-20(31)11-1-4-13(5-2-11)30(35)36/h1-7,14-17H,8-10H2/t14-,15-,16+,17+/m1/s1. The Labute approximate surface area is 232 Å². The lowest BCUT2D eigenvalue weighted by atomic mass is 9.81. The molecule has 1 aliphatic heterocycles. The highest BCUT2D eigenvalue weighted by Crippen LogP contribution is 2.43. The molecule has 0 N–H and O–H groups in total. The molecule has 1 heterocycles. The van der Waals surface area contributed by atoms with Crippen LogP contribution in [-0.2, 0) is 9.59 Å². The lowest BCUT2D eigenvalue weighted by Gasteiger charge is -2.30. The van der Waals surface area contributed by atoms with Crippen molar-refractivity contribution in [3.63, 3.8) is 0 Å². The SMILES string of the molecule is O=C(CN(C(=O)c1ccc(Cl)c(Cl)c1)N1C(=O)[C@@H]2C[C@H](Br)[C@@H](Br)C[C@H]2C1=O)c1ccc([N+](=O)[O-])cc1. The minimum atomic E-state index is -0.796. The van der Waals surface area contributed by atoms with Crippen LogP contribution in [0.25, 0.3) is 0 Å². The molecule has 0 radical (unpaired) electrons. The number of Topliss-reactive ketones (excluding diaryl/α,β-unsaturated/α-hetero) is 1. The predicted molar refractivity (Wildman–Crippen MR) is 138 cm³/mol. The summed E-state index contributed by atoms with van der Waals surface area (Å²) in [6.45, 7) is -0.650. The van der Waals surface area contributed by atoms with Gasteiger partial charge in [0.1, 0.15) is 6.54 Å². The molecule has 0 bridgehead atoms. The highest BCUT2D eigenvalue weighted by molar-refractivity contribution is 9.12. The number of ketones is 1. The smallest absolute Gasteiger partial charge is 0.273 e. The van der Waals surface area contributed by atoms with E-state index in [2.05, 4.69) is 31.9 Å². The number of carbonyl (C=O) groups is 4. The van der Waals surface area contributed by atoms with Gasteiger partial charge in [0, 0.05) is 32.9 Å². The average molecular weight is 662 g/mol. The van der Waals surface area contributed by atoms with Crippen LogP contribution >= 0.6 is 55.1 Å². The molecule has 1 saturated heterocycles. The second kappa shape index (κ2) is 10.6. The third-order valence-electron chi connectivity index (χ3n) is 6.22. The molecule has 0 aromatic heterocycles. The molecule has 36 heavy (non-hydrogen) atoms. The third kappa shape index (κ3) is 5.06. The van der Waals surface area contributed by atoms with Crippen molar-refractivity contribution in [3.8, 4) is 0 Å². The Balaban J connectivity index is 1.70. The Bertz CT molecular complexity index is 1250. The van der Waals surface area contributed by atoms with E-state index in [0.29, 0.717) is 12.8 Å². The van der Waals surface area contributed by atoms with Gasteiger partial charge in [0.2, 0.25) is 0 Å². The number of alkyl halides is 2. The number of amides is 3. The zero-order valence-electron chi connectivity index (χ0n) is 18.3. The number of hydrazine groups is 1. The molecular formula is C23H17Br2Cl2N3O6. The van der Waals surface area contributed by atoms with Crippen LogP contribution in [0.3, 0.4) is 0 Å². The van der Waals surface area contributed by atoms with E-state index >= 15 is 0 Å². The summed E-state index contributed by atoms with van der Waals surface area (Å²) in [6.07, 6.45) is 0.763. The van der Waals surface area contributed by atoms with Gasteiger partial charge in [0.15, 0.2) is 5.78 Å². The zero-order valence-corrected chi connectivity index (χ0v) is 23.0. The van der Waals surface area contributed by atoms with Gasteiger partial charge in [-0.2, -0.15) is 5.01 Å². The lowest BCUT2D eigenvalue weighted by Crippen LogP contribution is -2.52. The van der Waals surface area contributed by atoms with E-state index in [1.807, 2.05) is 0 Å². The van der Waals surface area contributed by atoms with Gasteiger partial charge < -0.3 is 0 Å². The van der Waals surface area contributed by atoms with Crippen molar-refractivity contribution in [2.45, 2.75) is 22.5 Å². The van der Waals surface area contributed by atoms with Crippen LogP contribution in [0.2, 0.25) is 10.0 Å². The van der Waals surface area contributed by atoms with Gasteiger partial charge in [-0.15, -0.1) is 0 Å². The molecule has 2 aromatic rings. The lowest BCUT2D eigenvalue weighted by molar-refractivity contribution is -0.384. The molecule has 1 saturated carbocycles. The molecule has 2 aromatic carbocycles. The van der Waals surface area contributed by atoms with Crippen molar-refractivity contribution in [2.24, 2.45) is 11.8 Å². The summed E-state index contributed by atoms with van der Waals surface area (Å²) in [5.41, 5.74) is -0.115. The van der Waals surface area contributed by atoms with Crippen molar-refractivity contribution in [1.82, 2.24) is 10.0 Å². The van der Waals surface area contributed by atoms with Gasteiger partial charge in [-0.25, -0.2) is 5.01 Å². The fraction of sp³-hybridized carbons (Fsp3) is 0.304. The number of nitro benzene ring substituents is 1. The number of nitrogens with zero attached hydrogens (tertiary/aromatic N) is 3. The van der Waals surface area contributed by atoms with Crippen LogP contribution in [0.15, 0.2) is 42.5 Å². The van der Waals surface area contributed by atoms with E-state index in [0.717, 1.165) is 22.2 Å². The van der Waals surface area contributed by atoms with Gasteiger partial charge in [-0.05, 0) is 43.2 Å². The molecule has 2 aliphatic rings. The van der Waals surface area contributed by atoms with Gasteiger partial charge in [-0.3, -0.25) is 29.3 Å². The van der Waals surface area contributed by atoms with E-state index < -0.39 is 46.8 Å². The summed E-state index contributed by atoms with van der Waals surface area (Å²) in [5, 5.41) is 12.8. The van der Waals surface area contributed by atoms with Gasteiger partial charge >= 0.3 is 0 Å². The summed E-state index contributed by atoms with van der Waals surface area (Å²) in [4.78, 5) is 63.7. The van der Waals surface area contributed by atoms with Crippen LogP contribution < -0.4 is 0 Å². The molecule has 0 spiro atoms. The second-order valence-electron chi connectivity index (χ2n) is 8.42. The van der Waals surface area contributed by atoms with Crippen LogP contribution in [0, 0.1) is 22.0 Å². The molecular weight excluding hydrogens is 645 g/mol. The normalized spacial score (nSPS) is 23.4. The van der Waals surface area contributed by atoms with Crippen molar-refractivity contribution in [3.05, 3.63) is 73.8 Å². The molecule has 4 atom stereocenters. The van der Waals surface area contributed by atoms with Crippen molar-refractivity contribution in [2.75, 3.05) is 6.54 Å². The first-order chi connectivity index (χ1) is 17.0. The van der Waals surface area contributed by atoms with Crippen molar-refractivity contribution >= 4 is 84.3 Å². The molecule has 9 nitrogen and oxygen atoms in total. The molecule has 3 amide bonds. The fourth-order valence-electron chi connectivity index (χ4n) is 4.32. The van der Waals surface area contributed by atoms with Crippen LogP contribution in [-0.4, -0.2) is 54.6 Å². The number of fused-ring (bicyclic) bond motifs is 1. The molecule has 188 valence electrons. The summed E-state index contributed by atoms with van der Waals surface area (Å²) in [5.74, 6) is -3.85. The third-order valence-corrected chi connectivity index (χ3v) is 9.70. The topological polar surface area (TPSA) is 118 Å². The van der Waals surface area contributed by atoms with Crippen LogP contribution in [0.5, 0.6) is 0 Å². The van der Waals surface area contributed by atoms with E-state index in [4.69, 9.17) is 23.2 Å². The number of benzene rings is 2. The summed E-state index contributed by atoms with van der Waals surface area (Å²) in [7, 11) is 0. The molecule has 2 fully saturated rings. The number of rotatable bonds is 6. The van der Waals surface area contributed by atoms with Gasteiger partial charge in [0.25, 0.3) is 23.4 Å². The molecule has 4 rings (SSSR count). The van der Waals surface area contributed by atoms with Gasteiger partial charge in [-0.1, -0.05) is 55.1 Å². The molecule has 0 unspecified atom stereocenters. The number of imide groups is 1. The quantitative estimate of drug-likeness (QED) is 0.140. The maximum absolute atomic E-state index is 13.5. The molecule has 1 aliphatic carbocycles. The monoisotopic (exact) mass is 659 g/mol. The summed E-state index contributed by atoms with van der Waals surface area (Å²) < 4.78 is 0. The second-order valence-corrected chi connectivity index (χ2v) is 11.6. The van der Waals surface area contributed by atoms with Crippen molar-refractivity contribution in [1.29, 1.82) is 0 Å². The van der Waals surface area contributed by atoms with Crippen molar-refractivity contribution < 1.29 is 24.1 Å².